The lowest BCUT2D eigenvalue weighted by Gasteiger charge is -2.25. The van der Waals surface area contributed by atoms with Crippen LogP contribution in [-0.2, 0) is 16.1 Å². The van der Waals surface area contributed by atoms with Crippen LogP contribution in [0.1, 0.15) is 32.8 Å². The van der Waals surface area contributed by atoms with Crippen LogP contribution in [0.5, 0.6) is 0 Å². The smallest absolute Gasteiger partial charge is 0.307 e. The van der Waals surface area contributed by atoms with E-state index in [-0.39, 0.29) is 11.5 Å². The summed E-state index contributed by atoms with van der Waals surface area (Å²) in [6.45, 7) is 7.03. The fraction of sp³-hybridized carbons (Fsp3) is 0.500. The Morgan fingerprint density at radius 2 is 1.94 bits per heavy atom. The van der Waals surface area contributed by atoms with Gasteiger partial charge in [0.25, 0.3) is 0 Å². The van der Waals surface area contributed by atoms with E-state index in [4.69, 9.17) is 4.74 Å². The van der Waals surface area contributed by atoms with E-state index in [2.05, 4.69) is 17.4 Å². The van der Waals surface area contributed by atoms with Crippen LogP contribution in [0.2, 0.25) is 0 Å². The molecule has 0 aromatic heterocycles. The van der Waals surface area contributed by atoms with Gasteiger partial charge in [-0.1, -0.05) is 30.3 Å². The lowest BCUT2D eigenvalue weighted by atomic mass is 10.0. The molecule has 0 unspecified atom stereocenters. The number of carbonyl (C=O) groups is 1. The van der Waals surface area contributed by atoms with Crippen molar-refractivity contribution in [2.75, 3.05) is 6.61 Å². The van der Waals surface area contributed by atoms with E-state index in [9.17, 15) is 4.79 Å². The molecule has 0 bridgehead atoms. The number of benzene rings is 1. The highest BCUT2D eigenvalue weighted by Gasteiger charge is 2.21. The van der Waals surface area contributed by atoms with Crippen molar-refractivity contribution >= 4 is 5.97 Å². The van der Waals surface area contributed by atoms with Crippen LogP contribution in [0.25, 0.3) is 0 Å². The quantitative estimate of drug-likeness (QED) is 0.770. The lowest BCUT2D eigenvalue weighted by Crippen LogP contribution is -2.41. The van der Waals surface area contributed by atoms with E-state index in [0.29, 0.717) is 13.0 Å². The van der Waals surface area contributed by atoms with Gasteiger partial charge in [-0.3, -0.25) is 4.79 Å². The van der Waals surface area contributed by atoms with Crippen molar-refractivity contribution < 1.29 is 9.53 Å². The van der Waals surface area contributed by atoms with Crippen molar-refractivity contribution in [1.82, 2.24) is 5.32 Å². The first kappa shape index (κ1) is 13.7. The molecule has 0 radical (unpaired) electrons. The van der Waals surface area contributed by atoms with E-state index in [0.717, 1.165) is 6.54 Å². The van der Waals surface area contributed by atoms with E-state index in [1.165, 1.54) is 5.56 Å². The van der Waals surface area contributed by atoms with Crippen molar-refractivity contribution in [3.63, 3.8) is 0 Å². The summed E-state index contributed by atoms with van der Waals surface area (Å²) in [4.78, 5) is 11.4. The highest BCUT2D eigenvalue weighted by atomic mass is 16.5. The normalized spacial score (nSPS) is 11.2. The molecule has 1 N–H and O–H groups in total. The summed E-state index contributed by atoms with van der Waals surface area (Å²) in [5, 5.41) is 3.36. The molecule has 1 rings (SSSR count). The molecule has 0 atom stereocenters. The highest BCUT2D eigenvalue weighted by molar-refractivity contribution is 5.70. The number of carbonyl (C=O) groups excluding carboxylic acids is 1. The van der Waals surface area contributed by atoms with Crippen LogP contribution in [0.3, 0.4) is 0 Å². The Labute approximate surface area is 103 Å². The second kappa shape index (κ2) is 6.40. The average molecular weight is 235 g/mol. The number of nitrogens with one attached hydrogen (secondary N) is 1. The van der Waals surface area contributed by atoms with Gasteiger partial charge in [0.2, 0.25) is 0 Å². The maximum Gasteiger partial charge on any atom is 0.307 e. The van der Waals surface area contributed by atoms with Gasteiger partial charge in [-0.15, -0.1) is 0 Å². The van der Waals surface area contributed by atoms with Crippen LogP contribution in [0, 0.1) is 0 Å². The summed E-state index contributed by atoms with van der Waals surface area (Å²) in [6, 6.07) is 10.1. The van der Waals surface area contributed by atoms with Gasteiger partial charge >= 0.3 is 5.97 Å². The molecule has 0 heterocycles. The van der Waals surface area contributed by atoms with Crippen LogP contribution >= 0.6 is 0 Å². The number of hydrogen-bond acceptors (Lipinski definition) is 3. The molecule has 3 nitrogen and oxygen atoms in total. The van der Waals surface area contributed by atoms with Crippen molar-refractivity contribution in [2.24, 2.45) is 0 Å². The maximum atomic E-state index is 11.4. The Kier molecular flexibility index (Phi) is 5.16. The third-order valence-corrected chi connectivity index (χ3v) is 2.51. The first-order chi connectivity index (χ1) is 8.03. The molecule has 0 saturated heterocycles. The summed E-state index contributed by atoms with van der Waals surface area (Å²) >= 11 is 0. The van der Waals surface area contributed by atoms with Gasteiger partial charge in [0.05, 0.1) is 13.0 Å². The molecule has 0 aliphatic carbocycles. The van der Waals surface area contributed by atoms with Gasteiger partial charge in [0.1, 0.15) is 0 Å². The molecule has 0 aliphatic heterocycles. The SMILES string of the molecule is CCOC(=O)CC(C)(C)NCc1ccccc1. The van der Waals surface area contributed by atoms with Crippen LogP contribution < -0.4 is 5.32 Å². The molecular weight excluding hydrogens is 214 g/mol. The molecule has 3 heteroatoms. The summed E-state index contributed by atoms with van der Waals surface area (Å²) in [6.07, 6.45) is 0.383. The van der Waals surface area contributed by atoms with Crippen LogP contribution in [0.15, 0.2) is 30.3 Å². The van der Waals surface area contributed by atoms with Gasteiger partial charge in [-0.05, 0) is 26.3 Å². The van der Waals surface area contributed by atoms with Crippen molar-refractivity contribution in [3.8, 4) is 0 Å². The third-order valence-electron chi connectivity index (χ3n) is 2.51. The number of ether oxygens (including phenoxy) is 1. The van der Waals surface area contributed by atoms with Crippen molar-refractivity contribution in [2.45, 2.75) is 39.3 Å². The van der Waals surface area contributed by atoms with Crippen LogP contribution in [-0.4, -0.2) is 18.1 Å². The molecular formula is C14H21NO2. The second-order valence-electron chi connectivity index (χ2n) is 4.70. The molecule has 1 aromatic rings. The zero-order valence-corrected chi connectivity index (χ0v) is 10.8. The number of hydrogen-bond donors (Lipinski definition) is 1. The molecule has 0 amide bonds. The highest BCUT2D eigenvalue weighted by Crippen LogP contribution is 2.11. The maximum absolute atomic E-state index is 11.4. The van der Waals surface area contributed by atoms with E-state index in [1.54, 1.807) is 0 Å². The molecule has 0 spiro atoms. The zero-order valence-electron chi connectivity index (χ0n) is 10.8. The summed E-state index contributed by atoms with van der Waals surface area (Å²) in [7, 11) is 0. The van der Waals surface area contributed by atoms with Gasteiger partial charge < -0.3 is 10.1 Å². The van der Waals surface area contributed by atoms with E-state index in [1.807, 2.05) is 39.0 Å². The minimum Gasteiger partial charge on any atom is -0.466 e. The Balaban J connectivity index is 2.41. The number of esters is 1. The fourth-order valence-electron chi connectivity index (χ4n) is 1.57. The standard InChI is InChI=1S/C14H21NO2/c1-4-17-13(16)10-14(2,3)15-11-12-8-6-5-7-9-12/h5-9,15H,4,10-11H2,1-3H3. The molecule has 1 aromatic carbocycles. The number of rotatable bonds is 6. The summed E-state index contributed by atoms with van der Waals surface area (Å²) in [5.41, 5.74) is 0.965. The van der Waals surface area contributed by atoms with Gasteiger partial charge in [-0.25, -0.2) is 0 Å². The first-order valence-electron chi connectivity index (χ1n) is 5.98. The second-order valence-corrected chi connectivity index (χ2v) is 4.70. The summed E-state index contributed by atoms with van der Waals surface area (Å²) in [5.74, 6) is -0.155. The zero-order chi connectivity index (χ0) is 12.7. The van der Waals surface area contributed by atoms with Crippen molar-refractivity contribution in [1.29, 1.82) is 0 Å². The molecule has 94 valence electrons. The van der Waals surface area contributed by atoms with E-state index < -0.39 is 0 Å². The molecule has 0 aliphatic rings. The topological polar surface area (TPSA) is 38.3 Å². The predicted octanol–water partition coefficient (Wildman–Crippen LogP) is 2.51. The minimum absolute atomic E-state index is 0.155. The summed E-state index contributed by atoms with van der Waals surface area (Å²) < 4.78 is 4.95. The molecule has 0 saturated carbocycles. The first-order valence-corrected chi connectivity index (χ1v) is 5.98. The van der Waals surface area contributed by atoms with Crippen LogP contribution in [0.4, 0.5) is 0 Å². The third kappa shape index (κ3) is 5.50. The average Bonchev–Trinajstić information content (AvgIpc) is 2.27. The van der Waals surface area contributed by atoms with Gasteiger partial charge in [-0.2, -0.15) is 0 Å². The van der Waals surface area contributed by atoms with Crippen molar-refractivity contribution in [3.05, 3.63) is 35.9 Å². The largest absolute Gasteiger partial charge is 0.466 e. The Bertz CT molecular complexity index is 346. The predicted molar refractivity (Wildman–Crippen MR) is 68.6 cm³/mol. The van der Waals surface area contributed by atoms with Gasteiger partial charge in [0.15, 0.2) is 0 Å². The molecule has 0 fully saturated rings. The fourth-order valence-corrected chi connectivity index (χ4v) is 1.57. The Hall–Kier alpha value is -1.35. The minimum atomic E-state index is -0.248. The van der Waals surface area contributed by atoms with E-state index >= 15 is 0 Å². The monoisotopic (exact) mass is 235 g/mol. The Morgan fingerprint density at radius 1 is 1.29 bits per heavy atom. The molecule has 17 heavy (non-hydrogen) atoms. The lowest BCUT2D eigenvalue weighted by molar-refractivity contribution is -0.144. The Morgan fingerprint density at radius 3 is 2.53 bits per heavy atom. The van der Waals surface area contributed by atoms with Gasteiger partial charge in [0, 0.05) is 12.1 Å².